The number of nitrogens with two attached hydrogens (primary N) is 1. The van der Waals surface area contributed by atoms with E-state index < -0.39 is 0 Å². The van der Waals surface area contributed by atoms with Crippen molar-refractivity contribution in [2.45, 2.75) is 32.7 Å². The molecule has 4 heteroatoms. The van der Waals surface area contributed by atoms with Crippen molar-refractivity contribution >= 4 is 11.3 Å². The Balaban J connectivity index is 2.25. The third kappa shape index (κ3) is 3.55. The molecule has 0 spiro atoms. The minimum Gasteiger partial charge on any atom is -0.496 e. The number of rotatable bonds is 4. The summed E-state index contributed by atoms with van der Waals surface area (Å²) in [5.41, 5.74) is 9.06. The number of aromatic nitrogens is 1. The average molecular weight is 276 g/mol. The molecule has 0 aliphatic rings. The standard InChI is InChI=1S/C15H20N2OS/c1-10-7-11(5-6-13(10)18-4)12-9-19-14(17-12)8-15(2,3)16/h5-7,9H,8,16H2,1-4H3. The molecule has 0 radical (unpaired) electrons. The van der Waals surface area contributed by atoms with Crippen LogP contribution >= 0.6 is 11.3 Å². The lowest BCUT2D eigenvalue weighted by Gasteiger charge is -2.15. The molecule has 1 aromatic carbocycles. The predicted molar refractivity (Wildman–Crippen MR) is 80.8 cm³/mol. The molecule has 0 saturated heterocycles. The fourth-order valence-corrected chi connectivity index (χ4v) is 3.00. The van der Waals surface area contributed by atoms with E-state index in [4.69, 9.17) is 10.5 Å². The van der Waals surface area contributed by atoms with Gasteiger partial charge in [-0.2, -0.15) is 0 Å². The van der Waals surface area contributed by atoms with Crippen molar-refractivity contribution in [3.8, 4) is 17.0 Å². The summed E-state index contributed by atoms with van der Waals surface area (Å²) in [6.45, 7) is 6.08. The summed E-state index contributed by atoms with van der Waals surface area (Å²) in [7, 11) is 1.69. The monoisotopic (exact) mass is 276 g/mol. The first-order valence-corrected chi connectivity index (χ1v) is 7.15. The Kier molecular flexibility index (Phi) is 3.92. The average Bonchev–Trinajstić information content (AvgIpc) is 2.75. The van der Waals surface area contributed by atoms with E-state index in [0.29, 0.717) is 0 Å². The van der Waals surface area contributed by atoms with Gasteiger partial charge in [-0.15, -0.1) is 11.3 Å². The highest BCUT2D eigenvalue weighted by molar-refractivity contribution is 7.09. The van der Waals surface area contributed by atoms with E-state index in [1.165, 1.54) is 0 Å². The van der Waals surface area contributed by atoms with Crippen LogP contribution in [0.3, 0.4) is 0 Å². The van der Waals surface area contributed by atoms with Crippen LogP contribution < -0.4 is 10.5 Å². The molecule has 0 bridgehead atoms. The maximum Gasteiger partial charge on any atom is 0.121 e. The molecule has 19 heavy (non-hydrogen) atoms. The van der Waals surface area contributed by atoms with Crippen LogP contribution in [0.15, 0.2) is 23.6 Å². The Morgan fingerprint density at radius 1 is 1.37 bits per heavy atom. The van der Waals surface area contributed by atoms with Crippen molar-refractivity contribution in [1.29, 1.82) is 0 Å². The van der Waals surface area contributed by atoms with Gasteiger partial charge in [0.25, 0.3) is 0 Å². The third-order valence-electron chi connectivity index (χ3n) is 2.85. The summed E-state index contributed by atoms with van der Waals surface area (Å²) in [5.74, 6) is 0.905. The molecule has 0 saturated carbocycles. The summed E-state index contributed by atoms with van der Waals surface area (Å²) in [6, 6.07) is 6.13. The quantitative estimate of drug-likeness (QED) is 0.931. The van der Waals surface area contributed by atoms with Crippen LogP contribution in [-0.4, -0.2) is 17.6 Å². The molecule has 3 nitrogen and oxygen atoms in total. The molecule has 2 rings (SSSR count). The number of thiazole rings is 1. The van der Waals surface area contributed by atoms with Gasteiger partial charge in [-0.25, -0.2) is 4.98 Å². The van der Waals surface area contributed by atoms with E-state index in [0.717, 1.165) is 34.0 Å². The minimum atomic E-state index is -0.217. The van der Waals surface area contributed by atoms with Gasteiger partial charge in [-0.05, 0) is 44.5 Å². The zero-order valence-corrected chi connectivity index (χ0v) is 12.7. The first-order valence-electron chi connectivity index (χ1n) is 6.27. The highest BCUT2D eigenvalue weighted by Crippen LogP contribution is 2.27. The molecule has 0 aliphatic heterocycles. The van der Waals surface area contributed by atoms with Crippen LogP contribution in [0, 0.1) is 6.92 Å². The zero-order valence-electron chi connectivity index (χ0n) is 11.9. The van der Waals surface area contributed by atoms with Crippen molar-refractivity contribution < 1.29 is 4.74 Å². The van der Waals surface area contributed by atoms with Crippen LogP contribution in [0.5, 0.6) is 5.75 Å². The maximum absolute atomic E-state index is 6.03. The van der Waals surface area contributed by atoms with Crippen LogP contribution in [0.4, 0.5) is 0 Å². The van der Waals surface area contributed by atoms with Gasteiger partial charge in [0.05, 0.1) is 17.8 Å². The van der Waals surface area contributed by atoms with Gasteiger partial charge in [0.1, 0.15) is 5.75 Å². The van der Waals surface area contributed by atoms with Gasteiger partial charge in [0.15, 0.2) is 0 Å². The van der Waals surface area contributed by atoms with Crippen molar-refractivity contribution in [3.63, 3.8) is 0 Å². The highest BCUT2D eigenvalue weighted by Gasteiger charge is 2.15. The van der Waals surface area contributed by atoms with E-state index in [1.54, 1.807) is 18.4 Å². The first-order chi connectivity index (χ1) is 8.89. The molecule has 0 atom stereocenters. The summed E-state index contributed by atoms with van der Waals surface area (Å²) >= 11 is 1.66. The van der Waals surface area contributed by atoms with Crippen LogP contribution in [0.25, 0.3) is 11.3 Å². The number of benzene rings is 1. The first kappa shape index (κ1) is 14.0. The lowest BCUT2D eigenvalue weighted by Crippen LogP contribution is -2.34. The highest BCUT2D eigenvalue weighted by atomic mass is 32.1. The number of nitrogens with zero attached hydrogens (tertiary/aromatic N) is 1. The molecular weight excluding hydrogens is 256 g/mol. The fraction of sp³-hybridized carbons (Fsp3) is 0.400. The third-order valence-corrected chi connectivity index (χ3v) is 3.70. The van der Waals surface area contributed by atoms with Crippen molar-refractivity contribution in [2.75, 3.05) is 7.11 Å². The van der Waals surface area contributed by atoms with E-state index in [1.807, 2.05) is 32.9 Å². The van der Waals surface area contributed by atoms with Gasteiger partial charge >= 0.3 is 0 Å². The summed E-state index contributed by atoms with van der Waals surface area (Å²) in [4.78, 5) is 4.66. The van der Waals surface area contributed by atoms with Crippen LogP contribution in [0.2, 0.25) is 0 Å². The lowest BCUT2D eigenvalue weighted by molar-refractivity contribution is 0.412. The molecule has 0 fully saturated rings. The molecule has 0 unspecified atom stereocenters. The summed E-state index contributed by atoms with van der Waals surface area (Å²) < 4.78 is 5.27. The van der Waals surface area contributed by atoms with Gasteiger partial charge < -0.3 is 10.5 Å². The van der Waals surface area contributed by atoms with Crippen LogP contribution in [0.1, 0.15) is 24.4 Å². The largest absolute Gasteiger partial charge is 0.496 e. The van der Waals surface area contributed by atoms with E-state index in [-0.39, 0.29) is 5.54 Å². The summed E-state index contributed by atoms with van der Waals surface area (Å²) in [6.07, 6.45) is 0.798. The Hall–Kier alpha value is -1.39. The number of ether oxygens (including phenoxy) is 1. The smallest absolute Gasteiger partial charge is 0.121 e. The molecular formula is C15H20N2OS. The maximum atomic E-state index is 6.03. The van der Waals surface area contributed by atoms with Gasteiger partial charge in [0, 0.05) is 22.9 Å². The molecule has 0 aliphatic carbocycles. The predicted octanol–water partition coefficient (Wildman–Crippen LogP) is 3.41. The van der Waals surface area contributed by atoms with Crippen molar-refractivity contribution in [1.82, 2.24) is 4.98 Å². The summed E-state index contributed by atoms with van der Waals surface area (Å²) in [5, 5.41) is 3.17. The molecule has 1 heterocycles. The zero-order chi connectivity index (χ0) is 14.0. The van der Waals surface area contributed by atoms with Crippen molar-refractivity contribution in [2.24, 2.45) is 5.73 Å². The van der Waals surface area contributed by atoms with E-state index in [2.05, 4.69) is 16.4 Å². The molecule has 0 amide bonds. The van der Waals surface area contributed by atoms with Crippen LogP contribution in [-0.2, 0) is 6.42 Å². The normalized spacial score (nSPS) is 11.6. The molecule has 102 valence electrons. The fourth-order valence-electron chi connectivity index (χ4n) is 1.95. The topological polar surface area (TPSA) is 48.1 Å². The molecule has 1 aromatic heterocycles. The lowest BCUT2D eigenvalue weighted by atomic mass is 10.0. The Morgan fingerprint density at radius 2 is 2.11 bits per heavy atom. The van der Waals surface area contributed by atoms with Crippen molar-refractivity contribution in [3.05, 3.63) is 34.2 Å². The number of aryl methyl sites for hydroxylation is 1. The Morgan fingerprint density at radius 3 is 2.68 bits per heavy atom. The Labute approximate surface area is 118 Å². The van der Waals surface area contributed by atoms with Gasteiger partial charge in [-0.1, -0.05) is 0 Å². The number of hydrogen-bond acceptors (Lipinski definition) is 4. The van der Waals surface area contributed by atoms with Gasteiger partial charge in [0.2, 0.25) is 0 Å². The second-order valence-electron chi connectivity index (χ2n) is 5.48. The Bertz CT molecular complexity index is 570. The molecule has 2 aromatic rings. The number of methoxy groups -OCH3 is 1. The van der Waals surface area contributed by atoms with E-state index >= 15 is 0 Å². The minimum absolute atomic E-state index is 0.217. The second-order valence-corrected chi connectivity index (χ2v) is 6.42. The number of hydrogen-bond donors (Lipinski definition) is 1. The molecule has 2 N–H and O–H groups in total. The van der Waals surface area contributed by atoms with Gasteiger partial charge in [-0.3, -0.25) is 0 Å². The SMILES string of the molecule is COc1ccc(-c2csc(CC(C)(C)N)n2)cc1C. The van der Waals surface area contributed by atoms with E-state index in [9.17, 15) is 0 Å². The second kappa shape index (κ2) is 5.31.